The van der Waals surface area contributed by atoms with Gasteiger partial charge in [-0.1, -0.05) is 5.57 Å². The molecule has 2 heterocycles. The summed E-state index contributed by atoms with van der Waals surface area (Å²) < 4.78 is 16.7. The number of carbonyl (C=O) groups excluding carboxylic acids is 1. The van der Waals surface area contributed by atoms with Crippen LogP contribution in [0.15, 0.2) is 11.1 Å². The van der Waals surface area contributed by atoms with Crippen LogP contribution in [-0.2, 0) is 19.0 Å². The smallest absolute Gasteiger partial charge is 0.309 e. The number of carbonyl (C=O) groups is 1. The lowest BCUT2D eigenvalue weighted by Gasteiger charge is -2.29. The predicted octanol–water partition coefficient (Wildman–Crippen LogP) is 2.04. The molecule has 2 saturated heterocycles. The van der Waals surface area contributed by atoms with Crippen molar-refractivity contribution in [1.82, 2.24) is 0 Å². The lowest BCUT2D eigenvalue weighted by atomic mass is 9.76. The maximum absolute atomic E-state index is 11.6. The third kappa shape index (κ3) is 1.88. The molecule has 100 valence electrons. The summed E-state index contributed by atoms with van der Waals surface area (Å²) in [4.78, 5) is 11.6. The van der Waals surface area contributed by atoms with Gasteiger partial charge in [0.2, 0.25) is 0 Å². The predicted molar refractivity (Wildman–Crippen MR) is 64.8 cm³/mol. The summed E-state index contributed by atoms with van der Waals surface area (Å²) in [6.07, 6.45) is 1.86. The van der Waals surface area contributed by atoms with Gasteiger partial charge < -0.3 is 14.2 Å². The Morgan fingerprint density at radius 1 is 1.22 bits per heavy atom. The van der Waals surface area contributed by atoms with Crippen LogP contribution in [0.1, 0.15) is 33.6 Å². The van der Waals surface area contributed by atoms with Crippen molar-refractivity contribution in [2.75, 3.05) is 13.2 Å². The second-order valence-electron chi connectivity index (χ2n) is 5.91. The molecule has 18 heavy (non-hydrogen) atoms. The van der Waals surface area contributed by atoms with Crippen LogP contribution in [0.3, 0.4) is 0 Å². The first-order chi connectivity index (χ1) is 8.48. The van der Waals surface area contributed by atoms with Crippen LogP contribution in [-0.4, -0.2) is 31.1 Å². The van der Waals surface area contributed by atoms with Crippen LogP contribution in [0, 0.1) is 11.8 Å². The van der Waals surface area contributed by atoms with E-state index in [2.05, 4.69) is 6.92 Å². The number of hydrogen-bond donors (Lipinski definition) is 0. The molecule has 0 aromatic carbocycles. The largest absolute Gasteiger partial charge is 0.465 e. The van der Waals surface area contributed by atoms with Gasteiger partial charge in [0.05, 0.1) is 19.1 Å². The summed E-state index contributed by atoms with van der Waals surface area (Å²) in [5, 5.41) is 0. The average Bonchev–Trinajstić information content (AvgIpc) is 2.84. The lowest BCUT2D eigenvalue weighted by Crippen LogP contribution is -2.28. The van der Waals surface area contributed by atoms with E-state index in [9.17, 15) is 4.79 Å². The van der Waals surface area contributed by atoms with Crippen LogP contribution in [0.5, 0.6) is 0 Å². The fourth-order valence-electron chi connectivity index (χ4n) is 3.33. The molecule has 0 unspecified atom stereocenters. The molecule has 4 nitrogen and oxygen atoms in total. The first kappa shape index (κ1) is 12.2. The van der Waals surface area contributed by atoms with Gasteiger partial charge in [0.25, 0.3) is 0 Å². The van der Waals surface area contributed by atoms with E-state index in [0.29, 0.717) is 13.2 Å². The Hall–Kier alpha value is -0.870. The van der Waals surface area contributed by atoms with Crippen molar-refractivity contribution in [3.8, 4) is 0 Å². The minimum atomic E-state index is -0.489. The van der Waals surface area contributed by atoms with Crippen molar-refractivity contribution in [2.45, 2.75) is 45.5 Å². The van der Waals surface area contributed by atoms with Gasteiger partial charge in [-0.25, -0.2) is 0 Å². The van der Waals surface area contributed by atoms with Gasteiger partial charge in [-0.15, -0.1) is 0 Å². The van der Waals surface area contributed by atoms with Gasteiger partial charge in [0, 0.05) is 5.92 Å². The lowest BCUT2D eigenvalue weighted by molar-refractivity contribution is -0.141. The first-order valence-electron chi connectivity index (χ1n) is 6.66. The monoisotopic (exact) mass is 252 g/mol. The molecule has 4 heteroatoms. The Kier molecular flexibility index (Phi) is 2.75. The van der Waals surface area contributed by atoms with E-state index >= 15 is 0 Å². The topological polar surface area (TPSA) is 44.8 Å². The number of cyclic esters (lactones) is 1. The van der Waals surface area contributed by atoms with Crippen LogP contribution in [0.25, 0.3) is 0 Å². The van der Waals surface area contributed by atoms with Gasteiger partial charge in [0.15, 0.2) is 5.79 Å². The van der Waals surface area contributed by atoms with Gasteiger partial charge in [0.1, 0.15) is 6.10 Å². The van der Waals surface area contributed by atoms with Crippen LogP contribution in [0.2, 0.25) is 0 Å². The Morgan fingerprint density at radius 2 is 2.00 bits per heavy atom. The summed E-state index contributed by atoms with van der Waals surface area (Å²) >= 11 is 0. The number of esters is 1. The highest BCUT2D eigenvalue weighted by atomic mass is 16.7. The van der Waals surface area contributed by atoms with Crippen LogP contribution < -0.4 is 0 Å². The van der Waals surface area contributed by atoms with Crippen LogP contribution >= 0.6 is 0 Å². The van der Waals surface area contributed by atoms with Crippen molar-refractivity contribution < 1.29 is 19.0 Å². The highest BCUT2D eigenvalue weighted by Crippen LogP contribution is 2.42. The molecule has 0 amide bonds. The van der Waals surface area contributed by atoms with Crippen molar-refractivity contribution in [3.05, 3.63) is 11.1 Å². The minimum Gasteiger partial charge on any atom is -0.465 e. The third-order valence-corrected chi connectivity index (χ3v) is 4.38. The minimum absolute atomic E-state index is 0.0256. The van der Waals surface area contributed by atoms with E-state index < -0.39 is 5.79 Å². The summed E-state index contributed by atoms with van der Waals surface area (Å²) in [7, 11) is 0. The zero-order valence-corrected chi connectivity index (χ0v) is 11.2. The molecule has 0 saturated carbocycles. The molecular formula is C14H20O4. The molecule has 3 rings (SSSR count). The molecule has 3 aliphatic rings. The Bertz CT molecular complexity index is 410. The second-order valence-corrected chi connectivity index (χ2v) is 5.91. The van der Waals surface area contributed by atoms with Gasteiger partial charge in [-0.05, 0) is 39.2 Å². The molecule has 2 fully saturated rings. The average molecular weight is 252 g/mol. The van der Waals surface area contributed by atoms with Crippen molar-refractivity contribution in [3.63, 3.8) is 0 Å². The normalized spacial score (nSPS) is 38.8. The van der Waals surface area contributed by atoms with Crippen molar-refractivity contribution in [2.24, 2.45) is 11.8 Å². The van der Waals surface area contributed by atoms with Gasteiger partial charge >= 0.3 is 5.97 Å². The highest BCUT2D eigenvalue weighted by molar-refractivity contribution is 5.76. The van der Waals surface area contributed by atoms with E-state index in [-0.39, 0.29) is 23.9 Å². The second kappa shape index (κ2) is 4.07. The van der Waals surface area contributed by atoms with E-state index in [1.165, 1.54) is 11.1 Å². The van der Waals surface area contributed by atoms with E-state index in [4.69, 9.17) is 14.2 Å². The fourth-order valence-corrected chi connectivity index (χ4v) is 3.33. The molecule has 0 radical (unpaired) electrons. The fraction of sp³-hybridized carbons (Fsp3) is 0.786. The summed E-state index contributed by atoms with van der Waals surface area (Å²) in [6, 6.07) is 0. The molecule has 2 aliphatic heterocycles. The maximum atomic E-state index is 11.6. The summed E-state index contributed by atoms with van der Waals surface area (Å²) in [5.41, 5.74) is 2.60. The molecule has 0 bridgehead atoms. The SMILES string of the molecule is CC1=C([C@H]2COC(C)(C)O2)CC[C@H]2C(=O)OC[C@@H]12. The Morgan fingerprint density at radius 3 is 2.67 bits per heavy atom. The number of ether oxygens (including phenoxy) is 3. The Labute approximate surface area is 107 Å². The summed E-state index contributed by atoms with van der Waals surface area (Å²) in [5.74, 6) is -0.184. The molecule has 0 aromatic rings. The zero-order chi connectivity index (χ0) is 12.9. The molecule has 3 atom stereocenters. The van der Waals surface area contributed by atoms with Crippen molar-refractivity contribution >= 4 is 5.97 Å². The maximum Gasteiger partial charge on any atom is 0.309 e. The number of fused-ring (bicyclic) bond motifs is 1. The third-order valence-electron chi connectivity index (χ3n) is 4.38. The zero-order valence-electron chi connectivity index (χ0n) is 11.2. The molecular weight excluding hydrogens is 232 g/mol. The van der Waals surface area contributed by atoms with E-state index in [1.54, 1.807) is 0 Å². The van der Waals surface area contributed by atoms with E-state index in [0.717, 1.165) is 12.8 Å². The van der Waals surface area contributed by atoms with Gasteiger partial charge in [-0.2, -0.15) is 0 Å². The summed E-state index contributed by atoms with van der Waals surface area (Å²) in [6.45, 7) is 7.15. The number of hydrogen-bond acceptors (Lipinski definition) is 4. The molecule has 0 spiro atoms. The molecule has 0 N–H and O–H groups in total. The molecule has 1 aliphatic carbocycles. The Balaban J connectivity index is 1.83. The van der Waals surface area contributed by atoms with E-state index in [1.807, 2.05) is 13.8 Å². The highest BCUT2D eigenvalue weighted by Gasteiger charge is 2.44. The molecule has 0 aromatic heterocycles. The standard InChI is InChI=1S/C14H20O4/c1-8-9(12-7-17-14(2,3)18-12)4-5-10-11(8)6-16-13(10)15/h10-12H,4-7H2,1-3H3/t10-,11+,12-/m1/s1. The quantitative estimate of drug-likeness (QED) is 0.529. The van der Waals surface area contributed by atoms with Gasteiger partial charge in [-0.3, -0.25) is 4.79 Å². The van der Waals surface area contributed by atoms with Crippen LogP contribution in [0.4, 0.5) is 0 Å². The van der Waals surface area contributed by atoms with Crippen molar-refractivity contribution in [1.29, 1.82) is 0 Å². The first-order valence-corrected chi connectivity index (χ1v) is 6.66. The number of rotatable bonds is 1.